The van der Waals surface area contributed by atoms with Gasteiger partial charge < -0.3 is 25.5 Å². The van der Waals surface area contributed by atoms with Crippen LogP contribution in [0.15, 0.2) is 34.3 Å². The second kappa shape index (κ2) is 8.22. The Kier molecular flexibility index (Phi) is 6.60. The highest BCUT2D eigenvalue weighted by Gasteiger charge is 2.38. The molecular formula is C14H18F3N5O3. The molecule has 138 valence electrons. The molecule has 11 heteroatoms. The first-order valence-corrected chi connectivity index (χ1v) is 7.05. The van der Waals surface area contributed by atoms with Crippen LogP contribution in [-0.4, -0.2) is 38.7 Å². The Morgan fingerprint density at radius 1 is 1.36 bits per heavy atom. The number of carboxylic acids is 1. The van der Waals surface area contributed by atoms with Gasteiger partial charge in [0.15, 0.2) is 5.96 Å². The Bertz CT molecular complexity index is 819. The van der Waals surface area contributed by atoms with Crippen molar-refractivity contribution in [3.63, 3.8) is 0 Å². The van der Waals surface area contributed by atoms with Crippen molar-refractivity contribution in [1.82, 2.24) is 8.97 Å². The third-order valence-electron chi connectivity index (χ3n) is 3.15. The van der Waals surface area contributed by atoms with Crippen molar-refractivity contribution >= 4 is 17.4 Å². The van der Waals surface area contributed by atoms with Crippen molar-refractivity contribution in [3.05, 3.63) is 40.6 Å². The predicted molar refractivity (Wildman–Crippen MR) is 85.3 cm³/mol. The molecule has 5 N–H and O–H groups in total. The topological polar surface area (TPSA) is 128 Å². The summed E-state index contributed by atoms with van der Waals surface area (Å²) in [6.45, 7) is 0.570. The van der Waals surface area contributed by atoms with E-state index >= 15 is 0 Å². The fourth-order valence-electron chi connectivity index (χ4n) is 1.94. The summed E-state index contributed by atoms with van der Waals surface area (Å²) in [5, 5.41) is 7.12. The van der Waals surface area contributed by atoms with E-state index in [1.54, 1.807) is 11.6 Å². The van der Waals surface area contributed by atoms with Crippen LogP contribution in [0.1, 0.15) is 12.1 Å². The summed E-state index contributed by atoms with van der Waals surface area (Å²) in [6.07, 6.45) is 0.317. The van der Waals surface area contributed by atoms with Crippen LogP contribution in [-0.2, 0) is 18.3 Å². The van der Waals surface area contributed by atoms with Gasteiger partial charge in [-0.05, 0) is 25.0 Å². The van der Waals surface area contributed by atoms with Crippen molar-refractivity contribution in [2.24, 2.45) is 23.5 Å². The van der Waals surface area contributed by atoms with Crippen molar-refractivity contribution < 1.29 is 23.1 Å². The summed E-state index contributed by atoms with van der Waals surface area (Å²) in [7, 11) is 1.78. The molecule has 8 nitrogen and oxygen atoms in total. The third-order valence-corrected chi connectivity index (χ3v) is 3.15. The van der Waals surface area contributed by atoms with E-state index in [1.165, 1.54) is 0 Å². The fraction of sp³-hybridized carbons (Fsp3) is 0.357. The number of hydrogen-bond acceptors (Lipinski definition) is 3. The number of aliphatic carboxylic acids is 1. The first kappa shape index (κ1) is 20.1. The number of halogens is 3. The summed E-state index contributed by atoms with van der Waals surface area (Å²) in [6, 6.07) is 3.67. The zero-order valence-electron chi connectivity index (χ0n) is 13.3. The number of aliphatic imine (C=N–C) groups is 1. The molecule has 0 saturated carbocycles. The molecule has 2 rings (SSSR count). The molecule has 0 aliphatic rings. The van der Waals surface area contributed by atoms with Gasteiger partial charge in [-0.3, -0.25) is 9.79 Å². The molecule has 0 atom stereocenters. The molecule has 2 heterocycles. The number of aryl methyl sites for hydroxylation is 1. The van der Waals surface area contributed by atoms with Gasteiger partial charge in [-0.25, -0.2) is 4.79 Å². The maximum atomic E-state index is 12.0. The number of nitrogens with zero attached hydrogens (tertiary/aromatic N) is 3. The summed E-state index contributed by atoms with van der Waals surface area (Å²) < 4.78 is 35.3. The zero-order chi connectivity index (χ0) is 19.2. The van der Waals surface area contributed by atoms with Gasteiger partial charge in [-0.15, -0.1) is 0 Å². The van der Waals surface area contributed by atoms with Crippen molar-refractivity contribution in [2.45, 2.75) is 19.0 Å². The largest absolute Gasteiger partial charge is 0.490 e. The van der Waals surface area contributed by atoms with Crippen LogP contribution < -0.4 is 17.0 Å². The molecule has 0 aromatic carbocycles. The molecule has 0 fully saturated rings. The average Bonchev–Trinajstić information content (AvgIpc) is 2.96. The van der Waals surface area contributed by atoms with Crippen LogP contribution in [0.3, 0.4) is 0 Å². The summed E-state index contributed by atoms with van der Waals surface area (Å²) >= 11 is 0. The van der Waals surface area contributed by atoms with Gasteiger partial charge >= 0.3 is 12.1 Å². The zero-order valence-corrected chi connectivity index (χ0v) is 13.3. The number of hydrogen-bond donors (Lipinski definition) is 3. The molecule has 25 heavy (non-hydrogen) atoms. The molecule has 0 amide bonds. The number of rotatable bonds is 4. The monoisotopic (exact) mass is 361 g/mol. The summed E-state index contributed by atoms with van der Waals surface area (Å²) in [5.41, 5.74) is 12.2. The van der Waals surface area contributed by atoms with Crippen LogP contribution >= 0.6 is 0 Å². The van der Waals surface area contributed by atoms with Gasteiger partial charge in [0, 0.05) is 31.7 Å². The number of fused-ring (bicyclic) bond motifs is 1. The van der Waals surface area contributed by atoms with E-state index in [0.29, 0.717) is 12.1 Å². The van der Waals surface area contributed by atoms with Crippen LogP contribution in [0.5, 0.6) is 0 Å². The highest BCUT2D eigenvalue weighted by molar-refractivity contribution is 5.75. The van der Waals surface area contributed by atoms with E-state index in [0.717, 1.165) is 18.5 Å². The first-order chi connectivity index (χ1) is 11.5. The van der Waals surface area contributed by atoms with E-state index in [1.807, 2.05) is 28.9 Å². The lowest BCUT2D eigenvalue weighted by Gasteiger charge is -2.08. The van der Waals surface area contributed by atoms with Gasteiger partial charge in [0.2, 0.25) is 0 Å². The number of guanidine groups is 1. The van der Waals surface area contributed by atoms with E-state index in [4.69, 9.17) is 21.4 Å². The lowest BCUT2D eigenvalue weighted by atomic mass is 10.2. The first-order valence-electron chi connectivity index (χ1n) is 7.05. The lowest BCUT2D eigenvalue weighted by Crippen LogP contribution is -2.23. The van der Waals surface area contributed by atoms with Gasteiger partial charge in [0.05, 0.1) is 0 Å². The Morgan fingerprint density at radius 3 is 2.48 bits per heavy atom. The molecule has 2 aromatic rings. The molecular weight excluding hydrogens is 343 g/mol. The van der Waals surface area contributed by atoms with Crippen molar-refractivity contribution in [2.75, 3.05) is 6.54 Å². The second-order valence-electron chi connectivity index (χ2n) is 5.00. The fourth-order valence-corrected chi connectivity index (χ4v) is 1.94. The maximum Gasteiger partial charge on any atom is 0.490 e. The Morgan fingerprint density at radius 2 is 1.96 bits per heavy atom. The van der Waals surface area contributed by atoms with E-state index < -0.39 is 12.1 Å². The number of aromatic nitrogens is 2. The van der Waals surface area contributed by atoms with Crippen LogP contribution in [0.4, 0.5) is 13.2 Å². The van der Waals surface area contributed by atoms with E-state index in [-0.39, 0.29) is 11.5 Å². The molecule has 0 aliphatic heterocycles. The third kappa shape index (κ3) is 5.86. The van der Waals surface area contributed by atoms with Crippen LogP contribution in [0.25, 0.3) is 5.52 Å². The lowest BCUT2D eigenvalue weighted by molar-refractivity contribution is -0.192. The average molecular weight is 361 g/mol. The molecule has 0 unspecified atom stereocenters. The Balaban J connectivity index is 0.000000381. The second-order valence-corrected chi connectivity index (χ2v) is 5.00. The number of carboxylic acid groups (broad SMARTS) is 1. The smallest absolute Gasteiger partial charge is 0.475 e. The van der Waals surface area contributed by atoms with Gasteiger partial charge in [-0.1, -0.05) is 0 Å². The minimum Gasteiger partial charge on any atom is -0.475 e. The highest BCUT2D eigenvalue weighted by atomic mass is 19.4. The summed E-state index contributed by atoms with van der Waals surface area (Å²) in [5.74, 6) is -2.66. The molecule has 0 bridgehead atoms. The van der Waals surface area contributed by atoms with Crippen LogP contribution in [0, 0.1) is 0 Å². The molecule has 0 spiro atoms. The predicted octanol–water partition coefficient (Wildman–Crippen LogP) is 0.477. The minimum atomic E-state index is -5.08. The highest BCUT2D eigenvalue weighted by Crippen LogP contribution is 2.13. The summed E-state index contributed by atoms with van der Waals surface area (Å²) in [4.78, 5) is 24.8. The quantitative estimate of drug-likeness (QED) is 0.414. The maximum absolute atomic E-state index is 12.0. The van der Waals surface area contributed by atoms with Gasteiger partial charge in [0.25, 0.3) is 5.56 Å². The molecule has 0 aliphatic carbocycles. The van der Waals surface area contributed by atoms with Gasteiger partial charge in [-0.2, -0.15) is 13.2 Å². The van der Waals surface area contributed by atoms with Crippen molar-refractivity contribution in [1.29, 1.82) is 0 Å². The Labute approximate surface area is 140 Å². The van der Waals surface area contributed by atoms with E-state index in [2.05, 4.69) is 4.99 Å². The number of nitrogens with two attached hydrogens (primary N) is 2. The molecule has 2 aromatic heterocycles. The molecule has 0 saturated heterocycles. The van der Waals surface area contributed by atoms with Crippen LogP contribution in [0.2, 0.25) is 0 Å². The normalized spacial score (nSPS) is 10.9. The number of alkyl halides is 3. The van der Waals surface area contributed by atoms with E-state index in [9.17, 15) is 18.0 Å². The number of carbonyl (C=O) groups is 1. The van der Waals surface area contributed by atoms with Crippen molar-refractivity contribution in [3.8, 4) is 0 Å². The standard InChI is InChI=1S/C12H17N5O.C2HF3O2/c1-16-9(4-2-6-15-12(13)14)8-17-7-3-5-10(17)11(16)18;3-2(4,5)1(6)7/h3,5,7-8H,2,4,6H2,1H3,(H4,13,14,15);(H,6,7). The van der Waals surface area contributed by atoms with Gasteiger partial charge in [0.1, 0.15) is 5.52 Å². The molecule has 0 radical (unpaired) electrons. The SMILES string of the molecule is Cn1c(CCCN=C(N)N)cn2cccc2c1=O.O=C(O)C(F)(F)F. The Hall–Kier alpha value is -2.98. The minimum absolute atomic E-state index is 0.0133.